The van der Waals surface area contributed by atoms with Crippen LogP contribution in [0.3, 0.4) is 0 Å². The minimum Gasteiger partial charge on any atom is -0.477 e. The summed E-state index contributed by atoms with van der Waals surface area (Å²) in [5.41, 5.74) is 1.43. The van der Waals surface area contributed by atoms with Gasteiger partial charge < -0.3 is 10.5 Å². The molecule has 18 heavy (non-hydrogen) atoms. The highest BCUT2D eigenvalue weighted by molar-refractivity contribution is 6.40. The number of nitrogens with one attached hydrogen (secondary N) is 1. The molecule has 0 aliphatic carbocycles. The van der Waals surface area contributed by atoms with E-state index >= 15 is 0 Å². The summed E-state index contributed by atoms with van der Waals surface area (Å²) in [6.45, 7) is 0. The number of rotatable bonds is 3. The predicted molar refractivity (Wildman–Crippen MR) is 69.0 cm³/mol. The zero-order valence-corrected chi connectivity index (χ0v) is 10.9. The Morgan fingerprint density at radius 3 is 2.17 bits per heavy atom. The van der Waals surface area contributed by atoms with Gasteiger partial charge in [0.2, 0.25) is 0 Å². The molecule has 1 aromatic carbocycles. The summed E-state index contributed by atoms with van der Waals surface area (Å²) in [7, 11) is 0. The maximum atomic E-state index is 10.9. The Morgan fingerprint density at radius 1 is 1.33 bits per heavy atom. The first kappa shape index (κ1) is 14.6. The van der Waals surface area contributed by atoms with Crippen molar-refractivity contribution < 1.29 is 9.90 Å². The number of halogens is 3. The third kappa shape index (κ3) is 2.86. The summed E-state index contributed by atoms with van der Waals surface area (Å²) < 4.78 is 0. The van der Waals surface area contributed by atoms with E-state index in [0.29, 0.717) is 0 Å². The summed E-state index contributed by atoms with van der Waals surface area (Å²) in [6, 6.07) is 4.23. The lowest BCUT2D eigenvalue weighted by Crippen LogP contribution is -2.24. The molecule has 0 atom stereocenters. The van der Waals surface area contributed by atoms with Crippen molar-refractivity contribution in [2.45, 2.75) is 0 Å². The summed E-state index contributed by atoms with van der Waals surface area (Å²) in [5.74, 6) is 3.77. The SMILES string of the molecule is N#CC(C(=O)O)=C(NN)c1c(Cl)cc(Cl)cc1Cl. The van der Waals surface area contributed by atoms with Gasteiger partial charge in [-0.15, -0.1) is 0 Å². The van der Waals surface area contributed by atoms with Crippen LogP contribution in [0.2, 0.25) is 15.1 Å². The Hall–Kier alpha value is -1.45. The van der Waals surface area contributed by atoms with E-state index in [9.17, 15) is 4.79 Å². The third-order valence-electron chi connectivity index (χ3n) is 1.98. The average Bonchev–Trinajstić information content (AvgIpc) is 2.25. The van der Waals surface area contributed by atoms with Crippen molar-refractivity contribution in [3.05, 3.63) is 38.3 Å². The van der Waals surface area contributed by atoms with Crippen molar-refractivity contribution in [3.8, 4) is 6.07 Å². The van der Waals surface area contributed by atoms with Gasteiger partial charge in [-0.05, 0) is 12.1 Å². The molecular weight excluding hydrogens is 300 g/mol. The van der Waals surface area contributed by atoms with Gasteiger partial charge in [0.15, 0.2) is 5.57 Å². The standard InChI is InChI=1S/C10H6Cl3N3O2/c11-4-1-6(12)8(7(13)2-4)9(16-15)5(3-14)10(17)18/h1-2,16H,15H2,(H,17,18). The van der Waals surface area contributed by atoms with Crippen molar-refractivity contribution >= 4 is 46.5 Å². The van der Waals surface area contributed by atoms with Gasteiger partial charge in [0.25, 0.3) is 0 Å². The maximum absolute atomic E-state index is 10.9. The molecule has 0 aliphatic heterocycles. The molecular formula is C10H6Cl3N3O2. The number of carboxylic acid groups (broad SMARTS) is 1. The molecule has 0 heterocycles. The van der Waals surface area contributed by atoms with Crippen LogP contribution in [0.25, 0.3) is 5.70 Å². The summed E-state index contributed by atoms with van der Waals surface area (Å²) in [5, 5.41) is 18.1. The Bertz CT molecular complexity index is 555. The highest BCUT2D eigenvalue weighted by Crippen LogP contribution is 2.34. The summed E-state index contributed by atoms with van der Waals surface area (Å²) in [6.07, 6.45) is 0. The quantitative estimate of drug-likeness (QED) is 0.345. The topological polar surface area (TPSA) is 99.1 Å². The molecule has 0 aliphatic rings. The molecule has 4 N–H and O–H groups in total. The number of hydrazine groups is 1. The fourth-order valence-corrected chi connectivity index (χ4v) is 2.27. The maximum Gasteiger partial charge on any atom is 0.348 e. The Labute approximate surface area is 117 Å². The van der Waals surface area contributed by atoms with Gasteiger partial charge >= 0.3 is 5.97 Å². The Balaban J connectivity index is 3.63. The molecule has 0 aromatic heterocycles. The zero-order chi connectivity index (χ0) is 13.9. The molecule has 94 valence electrons. The molecule has 1 aromatic rings. The predicted octanol–water partition coefficient (Wildman–Crippen LogP) is 2.43. The summed E-state index contributed by atoms with van der Waals surface area (Å²) in [4.78, 5) is 10.9. The van der Waals surface area contributed by atoms with E-state index in [2.05, 4.69) is 5.43 Å². The molecule has 8 heteroatoms. The van der Waals surface area contributed by atoms with Crippen LogP contribution in [-0.2, 0) is 4.79 Å². The minimum atomic E-state index is -1.45. The van der Waals surface area contributed by atoms with E-state index in [1.54, 1.807) is 0 Å². The van der Waals surface area contributed by atoms with Crippen molar-refractivity contribution in [3.63, 3.8) is 0 Å². The van der Waals surface area contributed by atoms with Crippen molar-refractivity contribution in [2.24, 2.45) is 5.84 Å². The van der Waals surface area contributed by atoms with Gasteiger partial charge in [0.05, 0.1) is 15.7 Å². The van der Waals surface area contributed by atoms with E-state index in [-0.39, 0.29) is 26.3 Å². The lowest BCUT2D eigenvalue weighted by Gasteiger charge is -2.12. The third-order valence-corrected chi connectivity index (χ3v) is 2.79. The molecule has 0 amide bonds. The van der Waals surface area contributed by atoms with E-state index in [0.717, 1.165) is 0 Å². The number of carbonyl (C=O) groups is 1. The zero-order valence-electron chi connectivity index (χ0n) is 8.67. The van der Waals surface area contributed by atoms with Crippen molar-refractivity contribution in [1.29, 1.82) is 5.26 Å². The van der Waals surface area contributed by atoms with Crippen LogP contribution < -0.4 is 11.3 Å². The fourth-order valence-electron chi connectivity index (χ4n) is 1.26. The Kier molecular flexibility index (Phi) is 4.82. The number of nitrogens with two attached hydrogens (primary N) is 1. The van der Waals surface area contributed by atoms with Crippen LogP contribution in [-0.4, -0.2) is 11.1 Å². The van der Waals surface area contributed by atoms with Crippen LogP contribution in [0, 0.1) is 11.3 Å². The molecule has 0 radical (unpaired) electrons. The molecule has 0 fully saturated rings. The van der Waals surface area contributed by atoms with Crippen molar-refractivity contribution in [2.75, 3.05) is 0 Å². The monoisotopic (exact) mass is 305 g/mol. The highest BCUT2D eigenvalue weighted by atomic mass is 35.5. The number of aliphatic carboxylic acids is 1. The Morgan fingerprint density at radius 2 is 1.83 bits per heavy atom. The second-order valence-electron chi connectivity index (χ2n) is 3.06. The summed E-state index contributed by atoms with van der Waals surface area (Å²) >= 11 is 17.6. The second kappa shape index (κ2) is 5.94. The molecule has 0 saturated heterocycles. The number of nitriles is 1. The fraction of sp³-hybridized carbons (Fsp3) is 0. The minimum absolute atomic E-state index is 0.0782. The van der Waals surface area contributed by atoms with Gasteiger partial charge in [0, 0.05) is 10.6 Å². The number of hydrogen-bond acceptors (Lipinski definition) is 4. The molecule has 0 unspecified atom stereocenters. The van der Waals surface area contributed by atoms with Crippen molar-refractivity contribution in [1.82, 2.24) is 5.43 Å². The smallest absolute Gasteiger partial charge is 0.348 e. The second-order valence-corrected chi connectivity index (χ2v) is 4.31. The lowest BCUT2D eigenvalue weighted by atomic mass is 10.1. The number of carboxylic acids is 1. The van der Waals surface area contributed by atoms with E-state index < -0.39 is 11.5 Å². The highest BCUT2D eigenvalue weighted by Gasteiger charge is 2.20. The van der Waals surface area contributed by atoms with Crippen LogP contribution in [0.1, 0.15) is 5.56 Å². The van der Waals surface area contributed by atoms with Crippen LogP contribution in [0.15, 0.2) is 17.7 Å². The van der Waals surface area contributed by atoms with Crippen LogP contribution in [0.4, 0.5) is 0 Å². The first-order chi connectivity index (χ1) is 8.42. The molecule has 0 bridgehead atoms. The van der Waals surface area contributed by atoms with Crippen LogP contribution in [0.5, 0.6) is 0 Å². The molecule has 5 nitrogen and oxygen atoms in total. The number of nitrogens with zero attached hydrogens (tertiary/aromatic N) is 1. The van der Waals surface area contributed by atoms with Gasteiger partial charge in [0.1, 0.15) is 6.07 Å². The molecule has 0 saturated carbocycles. The van der Waals surface area contributed by atoms with Gasteiger partial charge in [-0.3, -0.25) is 5.84 Å². The van der Waals surface area contributed by atoms with E-state index in [4.69, 9.17) is 51.0 Å². The van der Waals surface area contributed by atoms with E-state index in [1.807, 2.05) is 0 Å². The van der Waals surface area contributed by atoms with Gasteiger partial charge in [-0.25, -0.2) is 4.79 Å². The normalized spacial score (nSPS) is 11.5. The van der Waals surface area contributed by atoms with Gasteiger partial charge in [-0.1, -0.05) is 34.8 Å². The lowest BCUT2D eigenvalue weighted by molar-refractivity contribution is -0.132. The molecule has 1 rings (SSSR count). The van der Waals surface area contributed by atoms with E-state index in [1.165, 1.54) is 18.2 Å². The molecule has 0 spiro atoms. The average molecular weight is 307 g/mol. The van der Waals surface area contributed by atoms with Crippen LogP contribution >= 0.6 is 34.8 Å². The first-order valence-electron chi connectivity index (χ1n) is 4.41. The number of hydrogen-bond donors (Lipinski definition) is 3. The number of benzene rings is 1. The largest absolute Gasteiger partial charge is 0.477 e. The first-order valence-corrected chi connectivity index (χ1v) is 5.55. The van der Waals surface area contributed by atoms with Gasteiger partial charge in [-0.2, -0.15) is 5.26 Å².